The van der Waals surface area contributed by atoms with E-state index in [2.05, 4.69) is 0 Å². The maximum atomic E-state index is 12.0. The minimum Gasteiger partial charge on any atom is -0.453 e. The van der Waals surface area contributed by atoms with Crippen molar-refractivity contribution < 1.29 is 39.1 Å². The van der Waals surface area contributed by atoms with Crippen LogP contribution in [0.3, 0.4) is 0 Å². The Morgan fingerprint density at radius 2 is 1.75 bits per heavy atom. The highest BCUT2D eigenvalue weighted by Gasteiger charge is 2.48. The third-order valence-corrected chi connectivity index (χ3v) is 3.91. The molecule has 0 radical (unpaired) electrons. The summed E-state index contributed by atoms with van der Waals surface area (Å²) in [5.41, 5.74) is 0. The zero-order valence-corrected chi connectivity index (χ0v) is 14.5. The zero-order valence-electron chi connectivity index (χ0n) is 14.5. The number of ether oxygens (including phenoxy) is 3. The Morgan fingerprint density at radius 1 is 1.12 bits per heavy atom. The molecule has 1 unspecified atom stereocenters. The Hall–Kier alpha value is -1.22. The van der Waals surface area contributed by atoms with E-state index in [1.54, 1.807) is 6.92 Å². The summed E-state index contributed by atoms with van der Waals surface area (Å²) in [5.74, 6) is -1.54. The number of esters is 2. The van der Waals surface area contributed by atoms with Gasteiger partial charge in [0.15, 0.2) is 6.10 Å². The Kier molecular flexibility index (Phi) is 8.08. The van der Waals surface area contributed by atoms with Crippen LogP contribution in [0, 0.1) is 11.8 Å². The maximum absolute atomic E-state index is 12.0. The van der Waals surface area contributed by atoms with Crippen molar-refractivity contribution in [2.45, 2.75) is 71.2 Å². The van der Waals surface area contributed by atoms with Crippen LogP contribution in [0.4, 0.5) is 0 Å². The third-order valence-electron chi connectivity index (χ3n) is 3.91. The van der Waals surface area contributed by atoms with Crippen LogP contribution in [-0.2, 0) is 23.8 Å². The van der Waals surface area contributed by atoms with E-state index in [0.717, 1.165) is 0 Å². The van der Waals surface area contributed by atoms with Crippen molar-refractivity contribution in [3.63, 3.8) is 0 Å². The lowest BCUT2D eigenvalue weighted by molar-refractivity contribution is -0.297. The topological polar surface area (TPSA) is 123 Å². The van der Waals surface area contributed by atoms with Crippen LogP contribution in [-0.4, -0.2) is 64.6 Å². The molecule has 24 heavy (non-hydrogen) atoms. The van der Waals surface area contributed by atoms with Crippen LogP contribution in [0.25, 0.3) is 0 Å². The quantitative estimate of drug-likeness (QED) is 0.548. The predicted molar refractivity (Wildman–Crippen MR) is 82.6 cm³/mol. The van der Waals surface area contributed by atoms with E-state index in [-0.39, 0.29) is 12.3 Å². The van der Waals surface area contributed by atoms with E-state index >= 15 is 0 Å². The average Bonchev–Trinajstić information content (AvgIpc) is 2.52. The highest BCUT2D eigenvalue weighted by Crippen LogP contribution is 2.26. The molecule has 1 fully saturated rings. The van der Waals surface area contributed by atoms with Gasteiger partial charge < -0.3 is 29.5 Å². The van der Waals surface area contributed by atoms with Gasteiger partial charge in [-0.05, 0) is 12.3 Å². The molecule has 0 aromatic heterocycles. The summed E-state index contributed by atoms with van der Waals surface area (Å²) in [6, 6.07) is 0. The first-order chi connectivity index (χ1) is 11.2. The second kappa shape index (κ2) is 9.31. The van der Waals surface area contributed by atoms with E-state index in [1.165, 1.54) is 0 Å². The van der Waals surface area contributed by atoms with E-state index < -0.39 is 55.2 Å². The van der Waals surface area contributed by atoms with Gasteiger partial charge in [-0.15, -0.1) is 0 Å². The Labute approximate surface area is 141 Å². The molecule has 0 saturated carbocycles. The number of carbonyl (C=O) groups is 2. The monoisotopic (exact) mass is 348 g/mol. The van der Waals surface area contributed by atoms with Gasteiger partial charge in [0, 0.05) is 6.42 Å². The smallest absolute Gasteiger partial charge is 0.311 e. The molecular formula is C16H28O8. The Bertz CT molecular complexity index is 424. The SMILES string of the molecule is CCC(C)C(=O)O[C@@H]1O[C@H](CO)[C@@H](O)[C@H](O)[C@H]1OC(=O)CC(C)C. The van der Waals surface area contributed by atoms with Gasteiger partial charge in [-0.2, -0.15) is 0 Å². The number of aliphatic hydroxyl groups excluding tert-OH is 3. The molecule has 0 spiro atoms. The van der Waals surface area contributed by atoms with E-state index in [1.807, 2.05) is 20.8 Å². The van der Waals surface area contributed by atoms with Crippen molar-refractivity contribution in [1.82, 2.24) is 0 Å². The summed E-state index contributed by atoms with van der Waals surface area (Å²) in [5, 5.41) is 29.4. The van der Waals surface area contributed by atoms with E-state index in [4.69, 9.17) is 14.2 Å². The highest BCUT2D eigenvalue weighted by molar-refractivity contribution is 5.72. The number of aliphatic hydroxyl groups is 3. The van der Waals surface area contributed by atoms with Crippen LogP contribution in [0.5, 0.6) is 0 Å². The first-order valence-electron chi connectivity index (χ1n) is 8.23. The Balaban J connectivity index is 2.89. The van der Waals surface area contributed by atoms with Crippen LogP contribution >= 0.6 is 0 Å². The predicted octanol–water partition coefficient (Wildman–Crippen LogP) is -0.0274. The third kappa shape index (κ3) is 5.41. The van der Waals surface area contributed by atoms with Gasteiger partial charge in [-0.3, -0.25) is 9.59 Å². The van der Waals surface area contributed by atoms with Gasteiger partial charge in [0.25, 0.3) is 0 Å². The fourth-order valence-corrected chi connectivity index (χ4v) is 2.21. The molecule has 1 aliphatic heterocycles. The lowest BCUT2D eigenvalue weighted by Gasteiger charge is -2.41. The number of rotatable bonds is 7. The molecule has 6 atom stereocenters. The minimum absolute atomic E-state index is 0.0374. The summed E-state index contributed by atoms with van der Waals surface area (Å²) >= 11 is 0. The van der Waals surface area contributed by atoms with Crippen LogP contribution < -0.4 is 0 Å². The summed E-state index contributed by atoms with van der Waals surface area (Å²) in [4.78, 5) is 23.9. The largest absolute Gasteiger partial charge is 0.453 e. The molecule has 1 rings (SSSR count). The summed E-state index contributed by atoms with van der Waals surface area (Å²) < 4.78 is 15.7. The second-order valence-electron chi connectivity index (χ2n) is 6.51. The van der Waals surface area contributed by atoms with Gasteiger partial charge in [0.05, 0.1) is 12.5 Å². The van der Waals surface area contributed by atoms with Crippen LogP contribution in [0.1, 0.15) is 40.5 Å². The van der Waals surface area contributed by atoms with Gasteiger partial charge in [0.1, 0.15) is 18.3 Å². The second-order valence-corrected chi connectivity index (χ2v) is 6.51. The number of carbonyl (C=O) groups excluding carboxylic acids is 2. The molecule has 1 heterocycles. The molecule has 1 aliphatic rings. The van der Waals surface area contributed by atoms with Crippen molar-refractivity contribution in [2.24, 2.45) is 11.8 Å². The first-order valence-corrected chi connectivity index (χ1v) is 8.23. The van der Waals surface area contributed by atoms with Gasteiger partial charge in [0.2, 0.25) is 6.29 Å². The average molecular weight is 348 g/mol. The minimum atomic E-state index is -1.54. The van der Waals surface area contributed by atoms with Crippen molar-refractivity contribution in [2.75, 3.05) is 6.61 Å². The van der Waals surface area contributed by atoms with Gasteiger partial charge >= 0.3 is 11.9 Å². The first kappa shape index (κ1) is 20.8. The lowest BCUT2D eigenvalue weighted by Crippen LogP contribution is -2.61. The molecule has 1 saturated heterocycles. The standard InChI is InChI=1S/C16H28O8/c1-5-9(4)15(21)24-16-14(23-11(18)6-8(2)3)13(20)12(19)10(7-17)22-16/h8-10,12-14,16-17,19-20H,5-7H2,1-4H3/t9?,10-,12-,13+,14-,16+/m1/s1. The molecule has 8 heteroatoms. The van der Waals surface area contributed by atoms with Crippen molar-refractivity contribution in [1.29, 1.82) is 0 Å². The van der Waals surface area contributed by atoms with E-state index in [0.29, 0.717) is 6.42 Å². The number of hydrogen-bond donors (Lipinski definition) is 3. The zero-order chi connectivity index (χ0) is 18.4. The molecule has 0 aliphatic carbocycles. The lowest BCUT2D eigenvalue weighted by atomic mass is 9.99. The molecule has 0 amide bonds. The summed E-state index contributed by atoms with van der Waals surface area (Å²) in [6.45, 7) is 6.54. The molecule has 0 aromatic carbocycles. The highest BCUT2D eigenvalue weighted by atomic mass is 16.7. The number of hydrogen-bond acceptors (Lipinski definition) is 8. The van der Waals surface area contributed by atoms with Crippen molar-refractivity contribution >= 4 is 11.9 Å². The van der Waals surface area contributed by atoms with Gasteiger partial charge in [-0.1, -0.05) is 27.7 Å². The molecule has 3 N–H and O–H groups in total. The van der Waals surface area contributed by atoms with Gasteiger partial charge in [-0.25, -0.2) is 0 Å². The molecule has 0 aromatic rings. The van der Waals surface area contributed by atoms with Crippen molar-refractivity contribution in [3.8, 4) is 0 Å². The van der Waals surface area contributed by atoms with Crippen LogP contribution in [0.15, 0.2) is 0 Å². The molecule has 8 nitrogen and oxygen atoms in total. The van der Waals surface area contributed by atoms with E-state index in [9.17, 15) is 24.9 Å². The van der Waals surface area contributed by atoms with Crippen molar-refractivity contribution in [3.05, 3.63) is 0 Å². The molecule has 140 valence electrons. The van der Waals surface area contributed by atoms with Crippen LogP contribution in [0.2, 0.25) is 0 Å². The molecular weight excluding hydrogens is 320 g/mol. The summed E-state index contributed by atoms with van der Waals surface area (Å²) in [6.07, 6.45) is -6.26. The Morgan fingerprint density at radius 3 is 2.25 bits per heavy atom. The fraction of sp³-hybridized carbons (Fsp3) is 0.875. The summed E-state index contributed by atoms with van der Waals surface area (Å²) in [7, 11) is 0. The maximum Gasteiger partial charge on any atom is 0.311 e. The normalized spacial score (nSPS) is 31.6. The fourth-order valence-electron chi connectivity index (χ4n) is 2.21. The molecule has 0 bridgehead atoms.